The van der Waals surface area contributed by atoms with E-state index in [4.69, 9.17) is 11.6 Å². The second-order valence-electron chi connectivity index (χ2n) is 8.80. The summed E-state index contributed by atoms with van der Waals surface area (Å²) in [6.45, 7) is 3.76. The van der Waals surface area contributed by atoms with Crippen LogP contribution < -0.4 is 4.90 Å². The largest absolute Gasteiger partial charge is 0.507 e. The van der Waals surface area contributed by atoms with Gasteiger partial charge in [-0.1, -0.05) is 92.6 Å². The van der Waals surface area contributed by atoms with Crippen molar-refractivity contribution in [2.24, 2.45) is 0 Å². The molecule has 0 spiro atoms. The van der Waals surface area contributed by atoms with Gasteiger partial charge in [-0.2, -0.15) is 0 Å². The van der Waals surface area contributed by atoms with Gasteiger partial charge in [-0.05, 0) is 60.9 Å². The van der Waals surface area contributed by atoms with Gasteiger partial charge in [-0.15, -0.1) is 10.2 Å². The Bertz CT molecular complexity index is 1570. The van der Waals surface area contributed by atoms with Crippen molar-refractivity contribution in [1.82, 2.24) is 10.2 Å². The Morgan fingerprint density at radius 3 is 2.47 bits per heavy atom. The molecular weight excluding hydrogens is 606 g/mol. The number of nitrogens with zero attached hydrogens (tertiary/aromatic N) is 3. The van der Waals surface area contributed by atoms with Crippen LogP contribution in [-0.2, 0) is 15.3 Å². The maximum Gasteiger partial charge on any atom is 0.301 e. The second-order valence-corrected chi connectivity index (χ2v) is 12.3. The van der Waals surface area contributed by atoms with Crippen LogP contribution in [0.2, 0.25) is 5.02 Å². The third-order valence-electron chi connectivity index (χ3n) is 6.16. The summed E-state index contributed by atoms with van der Waals surface area (Å²) in [7, 11) is 0. The van der Waals surface area contributed by atoms with E-state index in [-0.39, 0.29) is 11.3 Å². The highest BCUT2D eigenvalue weighted by Crippen LogP contribution is 2.44. The maximum atomic E-state index is 13.4. The number of carbonyl (C=O) groups excluding carboxylic acids is 2. The van der Waals surface area contributed by atoms with Crippen LogP contribution in [0.4, 0.5) is 5.13 Å². The quantitative estimate of drug-likeness (QED) is 0.0785. The zero-order chi connectivity index (χ0) is 27.0. The predicted octanol–water partition coefficient (Wildman–Crippen LogP) is 7.49. The summed E-state index contributed by atoms with van der Waals surface area (Å²) in [5.41, 5.74) is 4.01. The minimum atomic E-state index is -0.856. The average molecular weight is 627 g/mol. The first-order valence-electron chi connectivity index (χ1n) is 11.6. The van der Waals surface area contributed by atoms with E-state index < -0.39 is 17.7 Å². The topological polar surface area (TPSA) is 83.4 Å². The Morgan fingerprint density at radius 2 is 1.76 bits per heavy atom. The number of benzene rings is 3. The van der Waals surface area contributed by atoms with Gasteiger partial charge in [0.2, 0.25) is 5.13 Å². The van der Waals surface area contributed by atoms with Gasteiger partial charge in [0.15, 0.2) is 4.34 Å². The summed E-state index contributed by atoms with van der Waals surface area (Å²) in [5.74, 6) is -1.08. The summed E-state index contributed by atoms with van der Waals surface area (Å²) in [4.78, 5) is 28.2. The molecule has 2 heterocycles. The number of thioether (sulfide) groups is 1. The lowest BCUT2D eigenvalue weighted by Crippen LogP contribution is -2.29. The molecule has 1 unspecified atom stereocenters. The summed E-state index contributed by atoms with van der Waals surface area (Å²) in [6.07, 6.45) is 0. The van der Waals surface area contributed by atoms with Crippen molar-refractivity contribution in [3.8, 4) is 0 Å². The molecule has 3 aromatic carbocycles. The van der Waals surface area contributed by atoms with Gasteiger partial charge in [0, 0.05) is 20.8 Å². The van der Waals surface area contributed by atoms with Crippen molar-refractivity contribution in [2.45, 2.75) is 30.0 Å². The molecule has 1 aliphatic rings. The molecule has 1 aliphatic heterocycles. The van der Waals surface area contributed by atoms with Gasteiger partial charge in [0.1, 0.15) is 5.76 Å². The number of halogens is 2. The van der Waals surface area contributed by atoms with E-state index in [0.717, 1.165) is 21.2 Å². The van der Waals surface area contributed by atoms with Crippen LogP contribution in [0.25, 0.3) is 5.76 Å². The molecule has 1 fully saturated rings. The molecule has 1 aromatic heterocycles. The van der Waals surface area contributed by atoms with Crippen LogP contribution in [0.1, 0.15) is 33.9 Å². The number of hydrogen-bond acceptors (Lipinski definition) is 7. The van der Waals surface area contributed by atoms with E-state index in [9.17, 15) is 14.7 Å². The fourth-order valence-corrected chi connectivity index (χ4v) is 6.42. The van der Waals surface area contributed by atoms with Gasteiger partial charge in [-0.25, -0.2) is 0 Å². The third-order valence-corrected chi connectivity index (χ3v) is 9.06. The normalized spacial score (nSPS) is 16.8. The summed E-state index contributed by atoms with van der Waals surface area (Å²) < 4.78 is 1.51. The molecule has 0 radical (unpaired) electrons. The van der Waals surface area contributed by atoms with E-state index >= 15 is 0 Å². The first kappa shape index (κ1) is 26.6. The smallest absolute Gasteiger partial charge is 0.301 e. The van der Waals surface area contributed by atoms with Crippen molar-refractivity contribution in [3.63, 3.8) is 0 Å². The summed E-state index contributed by atoms with van der Waals surface area (Å²) in [6, 6.07) is 19.6. The Morgan fingerprint density at radius 1 is 1.05 bits per heavy atom. The van der Waals surface area contributed by atoms with E-state index in [1.165, 1.54) is 28.0 Å². The lowest BCUT2D eigenvalue weighted by Gasteiger charge is -2.22. The number of carbonyl (C=O) groups is 2. The zero-order valence-corrected chi connectivity index (χ0v) is 24.3. The van der Waals surface area contributed by atoms with Gasteiger partial charge in [0.05, 0.1) is 11.6 Å². The molecule has 1 amide bonds. The molecule has 38 heavy (non-hydrogen) atoms. The van der Waals surface area contributed by atoms with Gasteiger partial charge in [0.25, 0.3) is 5.78 Å². The van der Waals surface area contributed by atoms with Crippen molar-refractivity contribution < 1.29 is 14.7 Å². The molecule has 1 atom stereocenters. The van der Waals surface area contributed by atoms with Gasteiger partial charge in [-0.3, -0.25) is 14.5 Å². The summed E-state index contributed by atoms with van der Waals surface area (Å²) in [5, 5.41) is 20.9. The predicted molar refractivity (Wildman–Crippen MR) is 156 cm³/mol. The Hall–Kier alpha value is -2.98. The number of aryl methyl sites for hydroxylation is 2. The molecule has 0 aliphatic carbocycles. The maximum absolute atomic E-state index is 13.4. The number of aliphatic hydroxyl groups is 1. The van der Waals surface area contributed by atoms with E-state index in [0.29, 0.717) is 31.4 Å². The van der Waals surface area contributed by atoms with Crippen LogP contribution >= 0.6 is 50.6 Å². The number of rotatable bonds is 6. The number of Topliss-reactive ketones (excluding diaryl/α,β-unsaturated/α-hetero) is 1. The van der Waals surface area contributed by atoms with E-state index in [1.54, 1.807) is 0 Å². The molecule has 6 nitrogen and oxygen atoms in total. The first-order valence-corrected chi connectivity index (χ1v) is 14.5. The van der Waals surface area contributed by atoms with Gasteiger partial charge >= 0.3 is 5.91 Å². The molecular formula is C28H21BrClN3O3S2. The minimum Gasteiger partial charge on any atom is -0.507 e. The zero-order valence-electron chi connectivity index (χ0n) is 20.3. The standard InChI is InChI=1S/C28H21BrClN3O3S2/c1-15-3-4-16(2)21(13-15)24(34)22-23(18-7-9-19(29)10-8-18)33(26(36)25(22)35)27-31-32-28(38-27)37-14-17-5-11-20(30)12-6-17/h3-13,23,34H,14H2,1-2H3/b24-22+. The number of hydrogen-bond donors (Lipinski definition) is 1. The molecule has 5 rings (SSSR count). The third kappa shape index (κ3) is 5.29. The highest BCUT2D eigenvalue weighted by molar-refractivity contribution is 9.10. The Labute approximate surface area is 241 Å². The fourth-order valence-electron chi connectivity index (χ4n) is 4.21. The molecule has 0 bridgehead atoms. The lowest BCUT2D eigenvalue weighted by molar-refractivity contribution is -0.132. The number of ketones is 1. The van der Waals surface area contributed by atoms with Crippen molar-refractivity contribution in [3.05, 3.63) is 110 Å². The van der Waals surface area contributed by atoms with Crippen LogP contribution in [0.5, 0.6) is 0 Å². The second kappa shape index (κ2) is 11.0. The minimum absolute atomic E-state index is 0.0246. The highest BCUT2D eigenvalue weighted by atomic mass is 79.9. The molecule has 192 valence electrons. The Balaban J connectivity index is 1.55. The van der Waals surface area contributed by atoms with Crippen LogP contribution in [0.15, 0.2) is 81.1 Å². The van der Waals surface area contributed by atoms with Crippen LogP contribution in [0.3, 0.4) is 0 Å². The van der Waals surface area contributed by atoms with Crippen LogP contribution in [-0.4, -0.2) is 27.0 Å². The Kier molecular flexibility index (Phi) is 7.72. The van der Waals surface area contributed by atoms with Gasteiger partial charge < -0.3 is 5.11 Å². The number of amides is 1. The highest BCUT2D eigenvalue weighted by Gasteiger charge is 2.48. The number of aliphatic hydroxyl groups excluding tert-OH is 1. The van der Waals surface area contributed by atoms with Crippen molar-refractivity contribution in [2.75, 3.05) is 4.90 Å². The fraction of sp³-hybridized carbons (Fsp3) is 0.143. The number of aromatic nitrogens is 2. The SMILES string of the molecule is Cc1ccc(C)c(/C(O)=C2\C(=O)C(=O)N(c3nnc(SCc4ccc(Cl)cc4)s3)C2c2ccc(Br)cc2)c1. The number of anilines is 1. The van der Waals surface area contributed by atoms with E-state index in [2.05, 4.69) is 26.1 Å². The van der Waals surface area contributed by atoms with Crippen molar-refractivity contribution >= 4 is 73.2 Å². The monoisotopic (exact) mass is 625 g/mol. The van der Waals surface area contributed by atoms with E-state index in [1.807, 2.05) is 80.6 Å². The van der Waals surface area contributed by atoms with Crippen molar-refractivity contribution in [1.29, 1.82) is 0 Å². The molecule has 4 aromatic rings. The molecule has 0 saturated carbocycles. The average Bonchev–Trinajstić information content (AvgIpc) is 3.47. The molecule has 1 saturated heterocycles. The molecule has 1 N–H and O–H groups in total. The first-order chi connectivity index (χ1) is 18.2. The van der Waals surface area contributed by atoms with Crippen LogP contribution in [0, 0.1) is 13.8 Å². The molecule has 10 heteroatoms. The summed E-state index contributed by atoms with van der Waals surface area (Å²) >= 11 is 12.1. The lowest BCUT2D eigenvalue weighted by atomic mass is 9.93.